The molecule has 0 spiro atoms. The molecule has 2 nitrogen and oxygen atoms in total. The van der Waals surface area contributed by atoms with Gasteiger partial charge in [-0.3, -0.25) is 0 Å². The van der Waals surface area contributed by atoms with Crippen LogP contribution in [0.2, 0.25) is 36.3 Å². The van der Waals surface area contributed by atoms with Crippen molar-refractivity contribution in [1.29, 1.82) is 0 Å². The van der Waals surface area contributed by atoms with Crippen LogP contribution < -0.4 is 8.85 Å². The molecule has 0 unspecified atom stereocenters. The number of terminal acetylenes is 2. The fourth-order valence-corrected chi connectivity index (χ4v) is 3.85. The number of hydrogen-bond donors (Lipinski definition) is 0. The molecule has 0 aliphatic carbocycles. The van der Waals surface area contributed by atoms with Crippen LogP contribution in [0.15, 0.2) is 12.1 Å². The Morgan fingerprint density at radius 1 is 0.692 bits per heavy atom. The number of hydrogen-bond acceptors (Lipinski definition) is 2. The van der Waals surface area contributed by atoms with Gasteiger partial charge in [-0.05, 0) is 48.4 Å². The second kappa shape index (κ2) is 7.18. The van der Waals surface area contributed by atoms with Gasteiger partial charge in [0.2, 0.25) is 0 Å². The maximum absolute atomic E-state index is 6.57. The van der Waals surface area contributed by atoms with Crippen molar-refractivity contribution in [3.63, 3.8) is 0 Å². The average Bonchev–Trinajstić information content (AvgIpc) is 2.45. The van der Waals surface area contributed by atoms with E-state index < -0.39 is 16.6 Å². The summed E-state index contributed by atoms with van der Waals surface area (Å²) >= 11 is 0. The predicted molar refractivity (Wildman–Crippen MR) is 118 cm³/mol. The van der Waals surface area contributed by atoms with Crippen LogP contribution in [0.1, 0.15) is 52.7 Å². The first kappa shape index (κ1) is 22.4. The molecule has 0 amide bonds. The molecule has 0 radical (unpaired) electrons. The largest absolute Gasteiger partial charge is 0.541 e. The summed E-state index contributed by atoms with van der Waals surface area (Å²) in [5.41, 5.74) is 1.34. The lowest BCUT2D eigenvalue weighted by Crippen LogP contribution is -2.45. The van der Waals surface area contributed by atoms with Crippen molar-refractivity contribution in [2.45, 2.75) is 77.8 Å². The van der Waals surface area contributed by atoms with E-state index in [4.69, 9.17) is 21.7 Å². The van der Waals surface area contributed by atoms with Crippen LogP contribution in [0.25, 0.3) is 0 Å². The molecule has 1 aromatic rings. The van der Waals surface area contributed by atoms with E-state index in [0.29, 0.717) is 22.6 Å². The molecule has 1 rings (SSSR count). The summed E-state index contributed by atoms with van der Waals surface area (Å²) in [6, 6.07) is 3.75. The zero-order chi connectivity index (χ0) is 20.6. The van der Waals surface area contributed by atoms with Gasteiger partial charge in [-0.25, -0.2) is 0 Å². The molecule has 1 aromatic carbocycles. The van der Waals surface area contributed by atoms with Gasteiger partial charge in [-0.15, -0.1) is 12.8 Å². The smallest absolute Gasteiger partial charge is 0.250 e. The van der Waals surface area contributed by atoms with Gasteiger partial charge in [-0.1, -0.05) is 53.4 Å². The Labute approximate surface area is 163 Å². The quantitative estimate of drug-likeness (QED) is 0.439. The van der Waals surface area contributed by atoms with E-state index in [-0.39, 0.29) is 10.1 Å². The molecule has 4 heteroatoms. The van der Waals surface area contributed by atoms with E-state index in [0.717, 1.165) is 0 Å². The molecule has 142 valence electrons. The van der Waals surface area contributed by atoms with Crippen molar-refractivity contribution in [3.05, 3.63) is 23.3 Å². The SMILES string of the molecule is C#Cc1cc(O[Si](C)(C)C(C)(C)C)c(O[Si](C)(C)C(C)(C)C)cc1C#C. The molecule has 0 aromatic heterocycles. The summed E-state index contributed by atoms with van der Waals surface area (Å²) in [7, 11) is -4.09. The Morgan fingerprint density at radius 2 is 0.962 bits per heavy atom. The zero-order valence-corrected chi connectivity index (χ0v) is 20.1. The van der Waals surface area contributed by atoms with Crippen LogP contribution >= 0.6 is 0 Å². The van der Waals surface area contributed by atoms with E-state index in [1.54, 1.807) is 0 Å². The third kappa shape index (κ3) is 4.75. The highest BCUT2D eigenvalue weighted by Gasteiger charge is 2.42. The van der Waals surface area contributed by atoms with E-state index >= 15 is 0 Å². The Kier molecular flexibility index (Phi) is 6.19. The van der Waals surface area contributed by atoms with Gasteiger partial charge >= 0.3 is 0 Å². The van der Waals surface area contributed by atoms with E-state index in [2.05, 4.69) is 79.6 Å². The summed E-state index contributed by atoms with van der Waals surface area (Å²) in [6.07, 6.45) is 11.3. The number of rotatable bonds is 4. The van der Waals surface area contributed by atoms with Crippen molar-refractivity contribution in [3.8, 4) is 36.2 Å². The Morgan fingerprint density at radius 3 is 1.15 bits per heavy atom. The first-order chi connectivity index (χ1) is 11.6. The molecular formula is C22H34O2Si2. The highest BCUT2D eigenvalue weighted by atomic mass is 28.4. The van der Waals surface area contributed by atoms with Crippen LogP contribution in [0, 0.1) is 24.7 Å². The van der Waals surface area contributed by atoms with Crippen LogP contribution in [-0.2, 0) is 0 Å². The van der Waals surface area contributed by atoms with Gasteiger partial charge < -0.3 is 8.85 Å². The van der Waals surface area contributed by atoms with Gasteiger partial charge in [0.1, 0.15) is 11.5 Å². The normalized spacial score (nSPS) is 12.9. The maximum atomic E-state index is 6.57. The maximum Gasteiger partial charge on any atom is 0.250 e. The topological polar surface area (TPSA) is 18.5 Å². The van der Waals surface area contributed by atoms with Crippen LogP contribution in [0.4, 0.5) is 0 Å². The first-order valence-electron chi connectivity index (χ1n) is 9.05. The van der Waals surface area contributed by atoms with Crippen LogP contribution in [0.5, 0.6) is 11.5 Å². The van der Waals surface area contributed by atoms with Gasteiger partial charge in [0.15, 0.2) is 0 Å². The lowest BCUT2D eigenvalue weighted by molar-refractivity contribution is 0.440. The summed E-state index contributed by atoms with van der Waals surface area (Å²) in [5, 5.41) is 0.144. The Bertz CT molecular complexity index is 684. The monoisotopic (exact) mass is 386 g/mol. The van der Waals surface area contributed by atoms with Crippen molar-refractivity contribution >= 4 is 16.6 Å². The molecule has 0 atom stereocenters. The lowest BCUT2D eigenvalue weighted by atomic mass is 10.1. The van der Waals surface area contributed by atoms with E-state index in [9.17, 15) is 0 Å². The minimum absolute atomic E-state index is 0.0718. The zero-order valence-electron chi connectivity index (χ0n) is 18.1. The molecule has 0 fully saturated rings. The second-order valence-electron chi connectivity index (χ2n) is 9.86. The number of benzene rings is 1. The summed E-state index contributed by atoms with van der Waals surface area (Å²) in [6.45, 7) is 22.1. The van der Waals surface area contributed by atoms with Crippen LogP contribution in [0.3, 0.4) is 0 Å². The lowest BCUT2D eigenvalue weighted by Gasteiger charge is -2.39. The minimum Gasteiger partial charge on any atom is -0.541 e. The molecule has 26 heavy (non-hydrogen) atoms. The Hall–Kier alpha value is -1.63. The molecule has 0 saturated heterocycles. The molecule has 0 aliphatic rings. The van der Waals surface area contributed by atoms with Crippen molar-refractivity contribution in [2.24, 2.45) is 0 Å². The van der Waals surface area contributed by atoms with Gasteiger partial charge in [0.05, 0.1) is 0 Å². The van der Waals surface area contributed by atoms with Gasteiger partial charge in [0, 0.05) is 11.1 Å². The molecule has 0 saturated carbocycles. The molecule has 0 heterocycles. The minimum atomic E-state index is -2.05. The Balaban J connectivity index is 3.54. The highest BCUT2D eigenvalue weighted by molar-refractivity contribution is 6.75. The molecule has 0 aliphatic heterocycles. The summed E-state index contributed by atoms with van der Waals surface area (Å²) < 4.78 is 13.1. The second-order valence-corrected chi connectivity index (χ2v) is 19.3. The van der Waals surface area contributed by atoms with Crippen molar-refractivity contribution in [1.82, 2.24) is 0 Å². The molecule has 0 N–H and O–H groups in total. The van der Waals surface area contributed by atoms with Crippen molar-refractivity contribution in [2.75, 3.05) is 0 Å². The van der Waals surface area contributed by atoms with E-state index in [1.807, 2.05) is 12.1 Å². The molecule has 0 bridgehead atoms. The van der Waals surface area contributed by atoms with Crippen LogP contribution in [-0.4, -0.2) is 16.6 Å². The first-order valence-corrected chi connectivity index (χ1v) is 14.9. The standard InChI is InChI=1S/C22H34O2Si2/c1-13-17-15-19(23-25(9,10)21(3,4)5)20(16-18(17)14-2)24-26(11,12)22(6,7)8/h1-2,15-16H,3-12H3. The fraction of sp³-hybridized carbons (Fsp3) is 0.545. The van der Waals surface area contributed by atoms with E-state index in [1.165, 1.54) is 0 Å². The van der Waals surface area contributed by atoms with Crippen molar-refractivity contribution < 1.29 is 8.85 Å². The van der Waals surface area contributed by atoms with Gasteiger partial charge in [0.25, 0.3) is 16.6 Å². The average molecular weight is 387 g/mol. The summed E-state index contributed by atoms with van der Waals surface area (Å²) in [4.78, 5) is 0. The highest BCUT2D eigenvalue weighted by Crippen LogP contribution is 2.44. The third-order valence-corrected chi connectivity index (χ3v) is 14.4. The third-order valence-electron chi connectivity index (χ3n) is 5.74. The summed E-state index contributed by atoms with van der Waals surface area (Å²) in [5.74, 6) is 6.79. The predicted octanol–water partition coefficient (Wildman–Crippen LogP) is 6.42. The fourth-order valence-electron chi connectivity index (χ4n) is 1.81. The molecular weight excluding hydrogens is 352 g/mol. The van der Waals surface area contributed by atoms with Gasteiger partial charge in [-0.2, -0.15) is 0 Å².